The molecule has 0 bridgehead atoms. The standard InChI is InChI=1S/C61H89Cl2N15O12S/c1-34(2)25-45(56(85)72-43(52(65)81)19-24-91-9)74-58(87)48(29-39-31-66-33-69-39)71-50(80)32-68-59(88)51(35(3)4)77-53(82)36(5)70-55(84)47(28-38-30-67-42-16-11-10-15-41(38)42)75-54(83)44(17-18-49(64)79)73-57(86)46(76-60(89)90-61(6,7)8)27-37-13-12-14-40(26-37)78(22-20-62)23-21-63/h10-16,26,30-31,33-36,43-48,51,67H,17-25,27-29,32H2,1-9H3,(H2,64,79)(H2,65,81)(H,66,69)(H,68,88)(H,70,84)(H,71,80)(H,72,85)(H,73,86)(H,74,87)(H,75,83)(H,76,89)(H,77,82)/t36-,43-,44-,45-,46-,47-,48-,51-/m0/s1. The van der Waals surface area contributed by atoms with Crippen LogP contribution in [0.3, 0.4) is 0 Å². The second kappa shape index (κ2) is 37.3. The third-order valence-electron chi connectivity index (χ3n) is 14.1. The maximum Gasteiger partial charge on any atom is 0.408 e. The van der Waals surface area contributed by atoms with Crippen LogP contribution in [0.4, 0.5) is 10.5 Å². The van der Waals surface area contributed by atoms with E-state index in [1.54, 1.807) is 77.2 Å². The molecule has 0 aliphatic rings. The van der Waals surface area contributed by atoms with Gasteiger partial charge < -0.3 is 78.9 Å². The fourth-order valence-corrected chi connectivity index (χ4v) is 10.4. The van der Waals surface area contributed by atoms with Gasteiger partial charge in [0.25, 0.3) is 0 Å². The maximum atomic E-state index is 14.6. The van der Waals surface area contributed by atoms with E-state index < -0.39 is 138 Å². The third kappa shape index (κ3) is 26.0. The molecular formula is C61H89Cl2N15O12S. The van der Waals surface area contributed by atoms with E-state index in [1.807, 2.05) is 37.1 Å². The molecule has 27 nitrogen and oxygen atoms in total. The van der Waals surface area contributed by atoms with Gasteiger partial charge in [-0.2, -0.15) is 11.8 Å². The molecule has 0 aliphatic carbocycles. The normalized spacial score (nSPS) is 14.0. The number of benzene rings is 2. The van der Waals surface area contributed by atoms with Crippen LogP contribution in [-0.2, 0) is 71.9 Å². The van der Waals surface area contributed by atoms with Crippen LogP contribution < -0.4 is 64.2 Å². The Kier molecular flexibility index (Phi) is 30.9. The zero-order valence-electron chi connectivity index (χ0n) is 52.9. The Morgan fingerprint density at radius 1 is 0.659 bits per heavy atom. The Bertz CT molecular complexity index is 3100. The van der Waals surface area contributed by atoms with Crippen molar-refractivity contribution in [3.05, 3.63) is 84.1 Å². The third-order valence-corrected chi connectivity index (χ3v) is 15.1. The molecule has 0 saturated heterocycles. The number of hydrogen-bond donors (Lipinski definition) is 13. The number of nitrogens with two attached hydrogens (primary N) is 2. The number of alkyl carbamates (subject to hydrolysis) is 1. The van der Waals surface area contributed by atoms with Crippen molar-refractivity contribution in [3.63, 3.8) is 0 Å². The molecule has 15 N–H and O–H groups in total. The number of fused-ring (bicyclic) bond motifs is 1. The summed E-state index contributed by atoms with van der Waals surface area (Å²) in [7, 11) is 0. The lowest BCUT2D eigenvalue weighted by Gasteiger charge is -2.28. The first-order valence-electron chi connectivity index (χ1n) is 30.0. The predicted molar refractivity (Wildman–Crippen MR) is 348 cm³/mol. The van der Waals surface area contributed by atoms with Crippen LogP contribution in [0.15, 0.2) is 67.3 Å². The van der Waals surface area contributed by atoms with Crippen LogP contribution in [0, 0.1) is 11.8 Å². The summed E-state index contributed by atoms with van der Waals surface area (Å²) < 4.78 is 5.51. The van der Waals surface area contributed by atoms with Crippen LogP contribution in [-0.4, -0.2) is 177 Å². The summed E-state index contributed by atoms with van der Waals surface area (Å²) in [5, 5.41) is 24.4. The first kappa shape index (κ1) is 75.3. The zero-order chi connectivity index (χ0) is 67.5. The number of aromatic nitrogens is 3. The number of nitrogens with zero attached hydrogens (tertiary/aromatic N) is 2. The van der Waals surface area contributed by atoms with Gasteiger partial charge in [0.15, 0.2) is 0 Å². The highest BCUT2D eigenvalue weighted by Gasteiger charge is 2.35. The van der Waals surface area contributed by atoms with E-state index in [1.165, 1.54) is 31.2 Å². The highest BCUT2D eigenvalue weighted by molar-refractivity contribution is 7.98. The lowest BCUT2D eigenvalue weighted by molar-refractivity contribution is -0.135. The van der Waals surface area contributed by atoms with Crippen LogP contribution in [0.25, 0.3) is 10.9 Å². The highest BCUT2D eigenvalue weighted by Crippen LogP contribution is 2.21. The quantitative estimate of drug-likeness (QED) is 0.0285. The van der Waals surface area contributed by atoms with Crippen LogP contribution in [0.1, 0.15) is 97.9 Å². The number of nitrogens with one attached hydrogen (secondary N) is 11. The summed E-state index contributed by atoms with van der Waals surface area (Å²) in [4.78, 5) is 162. The smallest absolute Gasteiger partial charge is 0.408 e. The predicted octanol–water partition coefficient (Wildman–Crippen LogP) is 1.83. The number of H-pyrrole nitrogens is 2. The van der Waals surface area contributed by atoms with Gasteiger partial charge in [0, 0.05) is 85.2 Å². The van der Waals surface area contributed by atoms with Crippen LogP contribution in [0.5, 0.6) is 0 Å². The Hall–Kier alpha value is -8.11. The van der Waals surface area contributed by atoms with Gasteiger partial charge in [-0.05, 0) is 100 Å². The fourth-order valence-electron chi connectivity index (χ4n) is 9.49. The molecule has 4 aromatic rings. The van der Waals surface area contributed by atoms with E-state index in [0.29, 0.717) is 58.3 Å². The van der Waals surface area contributed by atoms with E-state index in [-0.39, 0.29) is 44.4 Å². The molecule has 11 amide bonds. The first-order chi connectivity index (χ1) is 43.0. The number of aromatic amines is 2. The number of carbonyl (C=O) groups is 11. The van der Waals surface area contributed by atoms with Crippen molar-refractivity contribution in [1.82, 2.24) is 62.8 Å². The van der Waals surface area contributed by atoms with Crippen molar-refractivity contribution in [2.75, 3.05) is 48.3 Å². The van der Waals surface area contributed by atoms with E-state index in [2.05, 4.69) is 62.8 Å². The maximum absolute atomic E-state index is 14.6. The average molecular weight is 1330 g/mol. The zero-order valence-corrected chi connectivity index (χ0v) is 55.3. The van der Waals surface area contributed by atoms with Gasteiger partial charge in [0.1, 0.15) is 53.9 Å². The summed E-state index contributed by atoms with van der Waals surface area (Å²) >= 11 is 13.6. The summed E-state index contributed by atoms with van der Waals surface area (Å²) in [6.45, 7) is 13.5. The Morgan fingerprint density at radius 3 is 1.87 bits per heavy atom. The van der Waals surface area contributed by atoms with Gasteiger partial charge in [-0.15, -0.1) is 23.2 Å². The molecule has 0 spiro atoms. The Labute approximate surface area is 544 Å². The van der Waals surface area contributed by atoms with Gasteiger partial charge in [-0.1, -0.05) is 58.0 Å². The van der Waals surface area contributed by atoms with Crippen molar-refractivity contribution in [1.29, 1.82) is 0 Å². The molecule has 2 heterocycles. The van der Waals surface area contributed by atoms with Gasteiger partial charge in [0.05, 0.1) is 12.9 Å². The molecule has 4 rings (SSSR count). The molecule has 2 aromatic carbocycles. The Balaban J connectivity index is 1.54. The molecule has 0 aliphatic heterocycles. The second-order valence-corrected chi connectivity index (χ2v) is 25.4. The van der Waals surface area contributed by atoms with Crippen molar-refractivity contribution in [3.8, 4) is 0 Å². The highest BCUT2D eigenvalue weighted by atomic mass is 35.5. The molecule has 30 heteroatoms. The average Bonchev–Trinajstić information content (AvgIpc) is 1.83. The second-order valence-electron chi connectivity index (χ2n) is 23.6. The largest absolute Gasteiger partial charge is 0.444 e. The number of para-hydroxylation sites is 1. The van der Waals surface area contributed by atoms with Gasteiger partial charge in [-0.25, -0.2) is 9.78 Å². The molecule has 500 valence electrons. The topological polar surface area (TPSA) is 405 Å². The van der Waals surface area contributed by atoms with Crippen LogP contribution in [0.2, 0.25) is 0 Å². The Morgan fingerprint density at radius 2 is 1.26 bits per heavy atom. The van der Waals surface area contributed by atoms with E-state index >= 15 is 0 Å². The molecule has 0 fully saturated rings. The summed E-state index contributed by atoms with van der Waals surface area (Å²) in [6.07, 6.45) is 4.71. The summed E-state index contributed by atoms with van der Waals surface area (Å²) in [6, 6.07) is 3.94. The minimum absolute atomic E-state index is 0.0942. The van der Waals surface area contributed by atoms with Gasteiger partial charge in [-0.3, -0.25) is 47.9 Å². The SMILES string of the molecule is CSCC[C@H](NC(=O)[C@H](CC(C)C)NC(=O)[C@H](Cc1cnc[nH]1)NC(=O)CNC(=O)[C@@H](NC(=O)[C@H](C)NC(=O)[C@H](Cc1c[nH]c2ccccc12)NC(=O)[C@H](CCC(N)=O)NC(=O)[C@H](Cc1cccc(N(CCCl)CCCl)c1)NC(=O)OC(C)(C)C)C(C)C)C(N)=O. The minimum Gasteiger partial charge on any atom is -0.444 e. The fraction of sp³-hybridized carbons (Fsp3) is 0.541. The lowest BCUT2D eigenvalue weighted by Crippen LogP contribution is -2.60. The van der Waals surface area contributed by atoms with Crippen molar-refractivity contribution in [2.24, 2.45) is 23.3 Å². The summed E-state index contributed by atoms with van der Waals surface area (Å²) in [5.74, 6) is -7.56. The number of rotatable bonds is 38. The summed E-state index contributed by atoms with van der Waals surface area (Å²) in [5.41, 5.74) is 13.3. The number of amides is 11. The molecular weight excluding hydrogens is 1240 g/mol. The lowest BCUT2D eigenvalue weighted by atomic mass is 10.0. The van der Waals surface area contributed by atoms with Crippen molar-refractivity contribution < 1.29 is 57.5 Å². The van der Waals surface area contributed by atoms with Gasteiger partial charge in [0.2, 0.25) is 59.1 Å². The number of ether oxygens (including phenoxy) is 1. The number of thioether (sulfide) groups is 1. The number of primary amides is 2. The van der Waals surface area contributed by atoms with E-state index in [4.69, 9.17) is 39.4 Å². The van der Waals surface area contributed by atoms with E-state index in [9.17, 15) is 52.7 Å². The number of halogens is 2. The molecule has 0 saturated carbocycles. The number of carbonyl (C=O) groups excluding carboxylic acids is 11. The molecule has 91 heavy (non-hydrogen) atoms. The molecule has 2 aromatic heterocycles. The minimum atomic E-state index is -1.53. The molecule has 0 radical (unpaired) electrons. The number of imidazole rings is 1. The number of hydrogen-bond acceptors (Lipinski definition) is 15. The monoisotopic (exact) mass is 1330 g/mol. The molecule has 8 atom stereocenters. The van der Waals surface area contributed by atoms with Gasteiger partial charge >= 0.3 is 6.09 Å². The van der Waals surface area contributed by atoms with Crippen molar-refractivity contribution >= 4 is 117 Å². The van der Waals surface area contributed by atoms with Crippen molar-refractivity contribution in [2.45, 2.75) is 154 Å². The first-order valence-corrected chi connectivity index (χ1v) is 32.4. The number of alkyl halides is 2. The van der Waals surface area contributed by atoms with E-state index in [0.717, 1.165) is 5.69 Å². The number of anilines is 1. The molecule has 0 unspecified atom stereocenters. The van der Waals surface area contributed by atoms with Crippen LogP contribution >= 0.6 is 35.0 Å².